The zero-order valence-electron chi connectivity index (χ0n) is 12.7. The Kier molecular flexibility index (Phi) is 3.31. The van der Waals surface area contributed by atoms with E-state index in [4.69, 9.17) is 25.7 Å². The summed E-state index contributed by atoms with van der Waals surface area (Å²) in [4.78, 5) is 11.9. The van der Waals surface area contributed by atoms with Gasteiger partial charge in [-0.1, -0.05) is 0 Å². The number of ether oxygens (including phenoxy) is 3. The molecule has 0 spiro atoms. The van der Waals surface area contributed by atoms with Crippen LogP contribution in [-0.4, -0.2) is 25.3 Å². The van der Waals surface area contributed by atoms with Crippen LogP contribution in [0.2, 0.25) is 0 Å². The lowest BCUT2D eigenvalue weighted by atomic mass is 9.95. The summed E-state index contributed by atoms with van der Waals surface area (Å²) in [6.07, 6.45) is 0.305. The van der Waals surface area contributed by atoms with Crippen molar-refractivity contribution in [3.63, 3.8) is 0 Å². The van der Waals surface area contributed by atoms with Gasteiger partial charge >= 0.3 is 0 Å². The third kappa shape index (κ3) is 2.25. The lowest BCUT2D eigenvalue weighted by Gasteiger charge is -2.14. The van der Waals surface area contributed by atoms with Gasteiger partial charge in [0.1, 0.15) is 17.7 Å². The first-order valence-corrected chi connectivity index (χ1v) is 7.49. The van der Waals surface area contributed by atoms with Gasteiger partial charge in [-0.15, -0.1) is 0 Å². The van der Waals surface area contributed by atoms with Gasteiger partial charge in [0.05, 0.1) is 5.56 Å². The highest BCUT2D eigenvalue weighted by Gasteiger charge is 2.29. The van der Waals surface area contributed by atoms with Crippen LogP contribution in [0.15, 0.2) is 24.3 Å². The minimum atomic E-state index is -0.644. The van der Waals surface area contributed by atoms with Crippen LogP contribution in [0.25, 0.3) is 11.1 Å². The molecule has 0 saturated carbocycles. The number of hydrogen-bond donors (Lipinski definition) is 2. The number of fused-ring (bicyclic) bond motifs is 2. The molecule has 1 unspecified atom stereocenters. The van der Waals surface area contributed by atoms with Crippen molar-refractivity contribution in [3.8, 4) is 28.4 Å². The second kappa shape index (κ2) is 5.38. The largest absolute Gasteiger partial charge is 0.488 e. The van der Waals surface area contributed by atoms with Gasteiger partial charge < -0.3 is 25.7 Å². The Hall–Kier alpha value is -2.80. The van der Waals surface area contributed by atoms with E-state index in [-0.39, 0.29) is 18.5 Å². The van der Waals surface area contributed by atoms with Crippen molar-refractivity contribution in [3.05, 3.63) is 41.2 Å². The molecule has 0 saturated heterocycles. The van der Waals surface area contributed by atoms with Crippen molar-refractivity contribution < 1.29 is 23.4 Å². The van der Waals surface area contributed by atoms with Gasteiger partial charge in [-0.3, -0.25) is 4.79 Å². The van der Waals surface area contributed by atoms with Crippen LogP contribution in [-0.2, 0) is 6.42 Å². The smallest absolute Gasteiger partial charge is 0.249 e. The van der Waals surface area contributed by atoms with Gasteiger partial charge in [-0.2, -0.15) is 0 Å². The van der Waals surface area contributed by atoms with E-state index in [9.17, 15) is 9.18 Å². The maximum atomic E-state index is 14.1. The zero-order valence-corrected chi connectivity index (χ0v) is 12.7. The van der Waals surface area contributed by atoms with Gasteiger partial charge in [0.2, 0.25) is 12.7 Å². The molecule has 2 aromatic carbocycles. The van der Waals surface area contributed by atoms with Crippen LogP contribution in [0.1, 0.15) is 15.9 Å². The molecule has 24 heavy (non-hydrogen) atoms. The quantitative estimate of drug-likeness (QED) is 0.891. The Balaban J connectivity index is 1.93. The van der Waals surface area contributed by atoms with Crippen molar-refractivity contribution in [1.29, 1.82) is 0 Å². The Labute approximate surface area is 137 Å². The van der Waals surface area contributed by atoms with Crippen LogP contribution >= 0.6 is 0 Å². The molecule has 0 radical (unpaired) electrons. The monoisotopic (exact) mass is 330 g/mol. The molecule has 2 aliphatic rings. The van der Waals surface area contributed by atoms with Gasteiger partial charge in [-0.05, 0) is 24.3 Å². The van der Waals surface area contributed by atoms with E-state index in [0.29, 0.717) is 46.9 Å². The fourth-order valence-electron chi connectivity index (χ4n) is 3.09. The second-order valence-electron chi connectivity index (χ2n) is 5.74. The molecule has 0 fully saturated rings. The number of rotatable bonds is 3. The van der Waals surface area contributed by atoms with Crippen molar-refractivity contribution in [2.24, 2.45) is 11.5 Å². The van der Waals surface area contributed by atoms with Gasteiger partial charge in [0, 0.05) is 29.7 Å². The molecule has 0 aromatic heterocycles. The predicted molar refractivity (Wildman–Crippen MR) is 83.7 cm³/mol. The number of halogens is 1. The molecule has 2 aromatic rings. The van der Waals surface area contributed by atoms with E-state index < -0.39 is 11.7 Å². The molecule has 2 heterocycles. The molecule has 1 atom stereocenters. The predicted octanol–water partition coefficient (Wildman–Crippen LogP) is 1.58. The van der Waals surface area contributed by atoms with Crippen LogP contribution in [0, 0.1) is 5.82 Å². The fourth-order valence-corrected chi connectivity index (χ4v) is 3.09. The first kappa shape index (κ1) is 14.8. The van der Waals surface area contributed by atoms with Crippen molar-refractivity contribution in [1.82, 2.24) is 0 Å². The number of amides is 1. The number of hydrogen-bond acceptors (Lipinski definition) is 5. The Morgan fingerprint density at radius 3 is 2.62 bits per heavy atom. The minimum absolute atomic E-state index is 0.0595. The van der Waals surface area contributed by atoms with E-state index in [2.05, 4.69) is 0 Å². The number of nitrogens with two attached hydrogens (primary N) is 2. The molecular weight excluding hydrogens is 315 g/mol. The highest BCUT2D eigenvalue weighted by Crippen LogP contribution is 2.44. The standard InChI is InChI=1S/C17H15FN2O4/c18-9-1-8-2-10(6-19)24-16(8)12(3-9)11-4-14-15(23-7-22-14)5-13(11)17(20)21/h1,3-5,10H,2,6-7,19H2,(H2,20,21). The summed E-state index contributed by atoms with van der Waals surface area (Å²) >= 11 is 0. The minimum Gasteiger partial charge on any atom is -0.488 e. The summed E-state index contributed by atoms with van der Waals surface area (Å²) < 4.78 is 30.6. The number of primary amides is 1. The summed E-state index contributed by atoms with van der Waals surface area (Å²) in [5, 5.41) is 0. The molecule has 0 aliphatic carbocycles. The number of carbonyl (C=O) groups is 1. The lowest BCUT2D eigenvalue weighted by molar-refractivity contribution is 0.100. The molecule has 4 rings (SSSR count). The molecule has 1 amide bonds. The summed E-state index contributed by atoms with van der Waals surface area (Å²) in [6.45, 7) is 0.379. The zero-order chi connectivity index (χ0) is 16.8. The van der Waals surface area contributed by atoms with E-state index in [1.54, 1.807) is 6.07 Å². The summed E-state index contributed by atoms with van der Waals surface area (Å²) in [5.41, 5.74) is 13.0. The normalized spacial score (nSPS) is 17.5. The maximum absolute atomic E-state index is 14.1. The van der Waals surface area contributed by atoms with Crippen molar-refractivity contribution in [2.75, 3.05) is 13.3 Å². The summed E-state index contributed by atoms with van der Waals surface area (Å²) in [6, 6.07) is 5.87. The van der Waals surface area contributed by atoms with Gasteiger partial charge in [-0.25, -0.2) is 4.39 Å². The van der Waals surface area contributed by atoms with Crippen LogP contribution in [0.4, 0.5) is 4.39 Å². The average Bonchev–Trinajstić information content (AvgIpc) is 3.18. The lowest BCUT2D eigenvalue weighted by Crippen LogP contribution is -2.24. The Morgan fingerprint density at radius 2 is 1.92 bits per heavy atom. The van der Waals surface area contributed by atoms with Gasteiger partial charge in [0.15, 0.2) is 11.5 Å². The Bertz CT molecular complexity index is 853. The van der Waals surface area contributed by atoms with Crippen molar-refractivity contribution in [2.45, 2.75) is 12.5 Å². The molecule has 7 heteroatoms. The molecule has 4 N–H and O–H groups in total. The third-order valence-corrected chi connectivity index (χ3v) is 4.19. The van der Waals surface area contributed by atoms with Crippen molar-refractivity contribution >= 4 is 5.91 Å². The van der Waals surface area contributed by atoms with Crippen LogP contribution in [0.5, 0.6) is 17.2 Å². The number of carbonyl (C=O) groups excluding carboxylic acids is 1. The fraction of sp³-hybridized carbons (Fsp3) is 0.235. The maximum Gasteiger partial charge on any atom is 0.249 e. The van der Waals surface area contributed by atoms with Crippen LogP contribution in [0.3, 0.4) is 0 Å². The topological polar surface area (TPSA) is 96.8 Å². The highest BCUT2D eigenvalue weighted by molar-refractivity contribution is 6.01. The van der Waals surface area contributed by atoms with Crippen LogP contribution < -0.4 is 25.7 Å². The van der Waals surface area contributed by atoms with E-state index in [0.717, 1.165) is 0 Å². The summed E-state index contributed by atoms with van der Waals surface area (Å²) in [7, 11) is 0. The summed E-state index contributed by atoms with van der Waals surface area (Å²) in [5.74, 6) is 0.365. The number of benzene rings is 2. The molecular formula is C17H15FN2O4. The molecule has 6 nitrogen and oxygen atoms in total. The average molecular weight is 330 g/mol. The molecule has 0 bridgehead atoms. The first-order valence-electron chi connectivity index (χ1n) is 7.49. The molecule has 124 valence electrons. The van der Waals surface area contributed by atoms with E-state index in [1.807, 2.05) is 0 Å². The van der Waals surface area contributed by atoms with E-state index >= 15 is 0 Å². The second-order valence-corrected chi connectivity index (χ2v) is 5.74. The highest BCUT2D eigenvalue weighted by atomic mass is 19.1. The Morgan fingerprint density at radius 1 is 1.17 bits per heavy atom. The SMILES string of the molecule is NCC1Cc2cc(F)cc(-c3cc4c(cc3C(N)=O)OCO4)c2O1. The van der Waals surface area contributed by atoms with E-state index in [1.165, 1.54) is 18.2 Å². The third-order valence-electron chi connectivity index (χ3n) is 4.19. The molecule has 2 aliphatic heterocycles. The first-order chi connectivity index (χ1) is 11.6. The van der Waals surface area contributed by atoms with Gasteiger partial charge in [0.25, 0.3) is 0 Å².